The van der Waals surface area contributed by atoms with Crippen LogP contribution < -0.4 is 0 Å². The first-order valence-electron chi connectivity index (χ1n) is 15.2. The van der Waals surface area contributed by atoms with Gasteiger partial charge in [0.2, 0.25) is 0 Å². The van der Waals surface area contributed by atoms with Gasteiger partial charge in [0.25, 0.3) is 0 Å². The van der Waals surface area contributed by atoms with E-state index in [1.54, 1.807) is 0 Å². The lowest BCUT2D eigenvalue weighted by Gasteiger charge is -2.01. The number of aliphatic hydroxyl groups is 2. The quantitative estimate of drug-likeness (QED) is 0.569. The Morgan fingerprint density at radius 3 is 0.929 bits per heavy atom. The van der Waals surface area contributed by atoms with Crippen LogP contribution in [0.25, 0.3) is 0 Å². The van der Waals surface area contributed by atoms with E-state index in [4.69, 9.17) is 32.9 Å². The van der Waals surface area contributed by atoms with Crippen molar-refractivity contribution in [1.29, 1.82) is 0 Å². The Labute approximate surface area is 122 Å². The molecule has 14 heavy (non-hydrogen) atoms. The summed E-state index contributed by atoms with van der Waals surface area (Å²) in [5.41, 5.74) is 0. The van der Waals surface area contributed by atoms with Gasteiger partial charge in [0.05, 0.1) is 5.48 Å². The molecule has 2 heteroatoms. The Bertz CT molecular complexity index is 802. The van der Waals surface area contributed by atoms with Crippen molar-refractivity contribution in [3.05, 3.63) is 0 Å². The van der Waals surface area contributed by atoms with Crippen LogP contribution in [0.4, 0.5) is 0 Å². The summed E-state index contributed by atoms with van der Waals surface area (Å²) in [6.07, 6.45) is -46.6. The molecule has 2 nitrogen and oxygen atoms in total. The predicted octanol–water partition coefficient (Wildman–Crippen LogP) is 2.87. The summed E-state index contributed by atoms with van der Waals surface area (Å²) in [4.78, 5) is 0. The van der Waals surface area contributed by atoms with Gasteiger partial charge in [0, 0.05) is 40.5 Å². The van der Waals surface area contributed by atoms with Gasteiger partial charge in [-0.2, -0.15) is 0 Å². The predicted molar refractivity (Wildman–Crippen MR) is 60.3 cm³/mol. The van der Waals surface area contributed by atoms with Crippen molar-refractivity contribution in [2.75, 3.05) is 13.1 Å². The molecule has 0 aromatic carbocycles. The van der Waals surface area contributed by atoms with E-state index >= 15 is 0 Å². The van der Waals surface area contributed by atoms with E-state index in [-0.39, 0.29) is 0 Å². The maximum atomic E-state index is 9.36. The van der Waals surface area contributed by atoms with Crippen molar-refractivity contribution < 1.29 is 43.1 Å². The fourth-order valence-corrected chi connectivity index (χ4v) is 0.306. The Kier molecular flexibility index (Phi) is 1.57. The van der Waals surface area contributed by atoms with E-state index in [0.717, 1.165) is 0 Å². The Morgan fingerprint density at radius 2 is 0.714 bits per heavy atom. The van der Waals surface area contributed by atoms with Gasteiger partial charge in [-0.25, -0.2) is 0 Å². The van der Waals surface area contributed by atoms with Gasteiger partial charge in [0.1, 0.15) is 0 Å². The van der Waals surface area contributed by atoms with Crippen LogP contribution in [-0.4, -0.2) is 23.3 Å². The van der Waals surface area contributed by atoms with Crippen molar-refractivity contribution in [2.24, 2.45) is 0 Å². The summed E-state index contributed by atoms with van der Waals surface area (Å²) in [7, 11) is 0. The minimum atomic E-state index is -4.84. The molecule has 0 saturated heterocycles. The van der Waals surface area contributed by atoms with Gasteiger partial charge in [-0.05, 0) is 12.7 Å². The second kappa shape index (κ2) is 12.9. The van der Waals surface area contributed by atoms with Crippen LogP contribution in [0.2, 0.25) is 0 Å². The van der Waals surface area contributed by atoms with Crippen LogP contribution in [0.5, 0.6) is 0 Å². The minimum Gasteiger partial charge on any atom is -0.396 e. The molecule has 0 aromatic heterocycles. The van der Waals surface area contributed by atoms with Crippen LogP contribution in [0.3, 0.4) is 0 Å². The molecule has 2 N–H and O–H groups in total. The summed E-state index contributed by atoms with van der Waals surface area (Å²) >= 11 is 0. The largest absolute Gasteiger partial charge is 0.396 e. The molecule has 0 saturated carbocycles. The smallest absolute Gasteiger partial charge is 0.0564 e. The average molecular weight is 226 g/mol. The molecule has 0 spiro atoms. The number of rotatable bonds is 11. The highest BCUT2D eigenvalue weighted by atomic mass is 16.3. The van der Waals surface area contributed by atoms with Gasteiger partial charge < -0.3 is 10.2 Å². The Hall–Kier alpha value is -0.0800. The van der Waals surface area contributed by atoms with Crippen molar-refractivity contribution in [3.8, 4) is 0 Å². The van der Waals surface area contributed by atoms with Crippen molar-refractivity contribution in [3.63, 3.8) is 0 Å². The van der Waals surface area contributed by atoms with Crippen LogP contribution >= 0.6 is 0 Å². The molecule has 0 fully saturated rings. The molecule has 0 unspecified atom stereocenters. The molecular formula is C12H26O2. The van der Waals surface area contributed by atoms with Crippen LogP contribution in [-0.2, 0) is 0 Å². The second-order valence-corrected chi connectivity index (χ2v) is 1.47. The van der Waals surface area contributed by atoms with Gasteiger partial charge in [0.15, 0.2) is 0 Å². The van der Waals surface area contributed by atoms with Gasteiger partial charge in [-0.3, -0.25) is 0 Å². The molecule has 86 valence electrons. The van der Waals surface area contributed by atoms with Crippen LogP contribution in [0.1, 0.15) is 96.6 Å². The summed E-state index contributed by atoms with van der Waals surface area (Å²) in [5.74, 6) is 0. The molecule has 0 radical (unpaired) electrons. The topological polar surface area (TPSA) is 40.5 Å². The highest BCUT2D eigenvalue weighted by molar-refractivity contribution is 4.47. The van der Waals surface area contributed by atoms with E-state index < -0.39 is 76.8 Å². The summed E-state index contributed by atoms with van der Waals surface area (Å²) < 4.78 is 183. The number of hydrogen-bond acceptors (Lipinski definition) is 2. The van der Waals surface area contributed by atoms with E-state index in [0.29, 0.717) is 0 Å². The van der Waals surface area contributed by atoms with Crippen LogP contribution in [0, 0.1) is 0 Å². The first kappa shape index (κ1) is 1.70. The Balaban J connectivity index is 7.29. The summed E-state index contributed by atoms with van der Waals surface area (Å²) in [6.45, 7) is -8.49. The van der Waals surface area contributed by atoms with Crippen molar-refractivity contribution >= 4 is 0 Å². The highest BCUT2D eigenvalue weighted by Gasteiger charge is 1.92. The third kappa shape index (κ3) is 11.9. The third-order valence-electron chi connectivity index (χ3n) is 0.674. The van der Waals surface area contributed by atoms with Gasteiger partial charge >= 0.3 is 0 Å². The molecule has 0 aliphatic carbocycles. The lowest BCUT2D eigenvalue weighted by Crippen LogP contribution is -1.85. The van der Waals surface area contributed by atoms with Gasteiger partial charge in [-0.1, -0.05) is 51.0 Å². The standard InChI is InChI=1S/C12H26O2/c13-11-9-7-5-3-1-2-4-6-8-10-12-14/h13-14H,1-12H2/i1D2,2D2,3D2,4D2,5D2,6D2,7D2,8D2,9D2,10D2,11D2,12D2. The molecule has 0 aliphatic rings. The van der Waals surface area contributed by atoms with E-state index in [1.807, 2.05) is 0 Å². The summed E-state index contributed by atoms with van der Waals surface area (Å²) in [5, 5.41) is 18.7. The molecule has 0 rings (SSSR count). The first-order chi connectivity index (χ1) is 15.8. The normalized spacial score (nSPS) is 48.4. The third-order valence-corrected chi connectivity index (χ3v) is 0.674. The first-order valence-corrected chi connectivity index (χ1v) is 3.20. The van der Waals surface area contributed by atoms with Crippen LogP contribution in [0.15, 0.2) is 0 Å². The van der Waals surface area contributed by atoms with E-state index in [2.05, 4.69) is 0 Å². The van der Waals surface area contributed by atoms with Crippen molar-refractivity contribution in [1.82, 2.24) is 0 Å². The lowest BCUT2D eigenvalue weighted by atomic mass is 10.1. The fraction of sp³-hybridized carbons (Fsp3) is 1.00. The average Bonchev–Trinajstić information content (AvgIpc) is 2.64. The highest BCUT2D eigenvalue weighted by Crippen LogP contribution is 2.10. The molecule has 0 aliphatic heterocycles. The van der Waals surface area contributed by atoms with Gasteiger partial charge in [-0.15, -0.1) is 0 Å². The lowest BCUT2D eigenvalue weighted by molar-refractivity contribution is 0.281. The molecule has 0 amide bonds. The second-order valence-electron chi connectivity index (χ2n) is 1.47. The molecule has 0 atom stereocenters. The molecule has 0 bridgehead atoms. The zero-order valence-electron chi connectivity index (χ0n) is 30.9. The monoisotopic (exact) mass is 226 g/mol. The van der Waals surface area contributed by atoms with E-state index in [9.17, 15) is 10.2 Å². The zero-order valence-corrected chi connectivity index (χ0v) is 6.89. The molecule has 0 aromatic rings. The molecular weight excluding hydrogens is 176 g/mol. The Morgan fingerprint density at radius 1 is 0.500 bits per heavy atom. The van der Waals surface area contributed by atoms with Crippen molar-refractivity contribution in [2.45, 2.75) is 63.7 Å². The minimum absolute atomic E-state index is 4.25. The maximum Gasteiger partial charge on any atom is 0.0564 e. The number of hydrogen-bond donors (Lipinski definition) is 2. The zero-order chi connectivity index (χ0) is 32.0. The maximum absolute atomic E-state index is 9.36. The fourth-order valence-electron chi connectivity index (χ4n) is 0.306. The molecule has 0 heterocycles. The SMILES string of the molecule is [2H]C([2H])(O)C([2H])([2H])C([2H])([2H])C([2H])([2H])C([2H])([2H])C([2H])([2H])C([2H])([2H])C([2H])([2H])C([2H])([2H])C([2H])([2H])C([2H])([2H])C([2H])([2H])O. The summed E-state index contributed by atoms with van der Waals surface area (Å²) in [6, 6.07) is 0. The van der Waals surface area contributed by atoms with E-state index in [1.165, 1.54) is 0 Å².